The van der Waals surface area contributed by atoms with E-state index in [1.807, 2.05) is 11.8 Å². The molecule has 0 atom stereocenters. The SMILES string of the molecule is CSCC1(CN2CCC(OC3CC4(CCN(C(C)C)CC4)C3)CC2)CC1. The van der Waals surface area contributed by atoms with Crippen molar-refractivity contribution in [3.63, 3.8) is 0 Å². The van der Waals surface area contributed by atoms with Crippen molar-refractivity contribution in [3.8, 4) is 0 Å². The molecule has 3 nitrogen and oxygen atoms in total. The van der Waals surface area contributed by atoms with E-state index in [1.165, 1.54) is 89.8 Å². The Kier molecular flexibility index (Phi) is 5.96. The molecular weight excluding hydrogens is 340 g/mol. The van der Waals surface area contributed by atoms with Crippen molar-refractivity contribution in [3.05, 3.63) is 0 Å². The highest BCUT2D eigenvalue weighted by atomic mass is 32.2. The van der Waals surface area contributed by atoms with Crippen LogP contribution >= 0.6 is 11.8 Å². The largest absolute Gasteiger partial charge is 0.375 e. The molecule has 4 fully saturated rings. The number of hydrogen-bond acceptors (Lipinski definition) is 4. The van der Waals surface area contributed by atoms with Gasteiger partial charge >= 0.3 is 0 Å². The Balaban J connectivity index is 1.13. The van der Waals surface area contributed by atoms with Gasteiger partial charge in [0, 0.05) is 25.7 Å². The number of thioether (sulfide) groups is 1. The van der Waals surface area contributed by atoms with Crippen LogP contribution in [0.15, 0.2) is 0 Å². The number of piperidine rings is 2. The van der Waals surface area contributed by atoms with Crippen LogP contribution in [-0.2, 0) is 4.74 Å². The molecule has 2 heterocycles. The van der Waals surface area contributed by atoms with Gasteiger partial charge in [-0.3, -0.25) is 0 Å². The summed E-state index contributed by atoms with van der Waals surface area (Å²) >= 11 is 2.04. The number of likely N-dealkylation sites (tertiary alicyclic amines) is 2. The molecule has 0 N–H and O–H groups in total. The van der Waals surface area contributed by atoms with Gasteiger partial charge in [0.25, 0.3) is 0 Å². The maximum Gasteiger partial charge on any atom is 0.0603 e. The van der Waals surface area contributed by atoms with Crippen LogP contribution in [-0.4, -0.2) is 72.8 Å². The molecule has 4 aliphatic rings. The van der Waals surface area contributed by atoms with Crippen molar-refractivity contribution in [1.29, 1.82) is 0 Å². The second-order valence-electron chi connectivity index (χ2n) is 10.2. The van der Waals surface area contributed by atoms with Gasteiger partial charge in [-0.05, 0) is 101 Å². The zero-order valence-corrected chi connectivity index (χ0v) is 18.2. The van der Waals surface area contributed by atoms with E-state index in [9.17, 15) is 0 Å². The van der Waals surface area contributed by atoms with Gasteiger partial charge in [-0.25, -0.2) is 0 Å². The summed E-state index contributed by atoms with van der Waals surface area (Å²) in [4.78, 5) is 5.38. The molecule has 0 aromatic carbocycles. The second kappa shape index (κ2) is 7.93. The Morgan fingerprint density at radius 1 is 0.962 bits per heavy atom. The van der Waals surface area contributed by atoms with E-state index in [4.69, 9.17) is 4.74 Å². The summed E-state index contributed by atoms with van der Waals surface area (Å²) in [5.41, 5.74) is 1.32. The van der Waals surface area contributed by atoms with Crippen molar-refractivity contribution in [2.24, 2.45) is 10.8 Å². The van der Waals surface area contributed by atoms with Gasteiger partial charge < -0.3 is 14.5 Å². The van der Waals surface area contributed by atoms with Gasteiger partial charge in [0.2, 0.25) is 0 Å². The standard InChI is InChI=1S/C22H40N2OS/c1-18(2)24-12-8-21(9-13-24)14-20(15-21)25-19-4-10-23(11-5-19)16-22(6-7-22)17-26-3/h18-20H,4-17H2,1-3H3. The average Bonchev–Trinajstić information content (AvgIpc) is 3.35. The fraction of sp³-hybridized carbons (Fsp3) is 1.00. The maximum atomic E-state index is 6.53. The predicted octanol–water partition coefficient (Wildman–Crippen LogP) is 4.26. The Hall–Kier alpha value is 0.230. The fourth-order valence-corrected chi connectivity index (χ4v) is 6.70. The minimum absolute atomic E-state index is 0.542. The van der Waals surface area contributed by atoms with Gasteiger partial charge in [0.1, 0.15) is 0 Å². The van der Waals surface area contributed by atoms with E-state index >= 15 is 0 Å². The monoisotopic (exact) mass is 380 g/mol. The molecule has 0 radical (unpaired) electrons. The molecule has 0 amide bonds. The molecule has 0 aromatic rings. The third-order valence-corrected chi connectivity index (χ3v) is 8.70. The molecule has 4 heteroatoms. The van der Waals surface area contributed by atoms with Crippen LogP contribution in [0, 0.1) is 10.8 Å². The molecule has 150 valence electrons. The fourth-order valence-electron chi connectivity index (χ4n) is 5.71. The molecule has 2 aliphatic heterocycles. The highest BCUT2D eigenvalue weighted by molar-refractivity contribution is 7.98. The highest BCUT2D eigenvalue weighted by Crippen LogP contribution is 2.51. The number of ether oxygens (including phenoxy) is 1. The first-order chi connectivity index (χ1) is 12.5. The van der Waals surface area contributed by atoms with Crippen LogP contribution in [0.4, 0.5) is 0 Å². The van der Waals surface area contributed by atoms with Crippen molar-refractivity contribution >= 4 is 11.8 Å². The minimum Gasteiger partial charge on any atom is -0.375 e. The highest BCUT2D eigenvalue weighted by Gasteiger charge is 2.47. The molecular formula is C22H40N2OS. The van der Waals surface area contributed by atoms with Crippen LogP contribution in [0.1, 0.15) is 65.2 Å². The third-order valence-electron chi connectivity index (χ3n) is 7.80. The maximum absolute atomic E-state index is 6.53. The van der Waals surface area contributed by atoms with Crippen LogP contribution in [0.5, 0.6) is 0 Å². The zero-order valence-electron chi connectivity index (χ0n) is 17.3. The lowest BCUT2D eigenvalue weighted by Crippen LogP contribution is -2.52. The lowest BCUT2D eigenvalue weighted by Gasteiger charge is -2.53. The summed E-state index contributed by atoms with van der Waals surface area (Å²) in [6.07, 6.45) is 14.3. The van der Waals surface area contributed by atoms with E-state index in [0.717, 1.165) is 6.04 Å². The Morgan fingerprint density at radius 2 is 1.62 bits per heavy atom. The Labute approximate surface area is 165 Å². The van der Waals surface area contributed by atoms with Crippen LogP contribution < -0.4 is 0 Å². The molecule has 0 unspecified atom stereocenters. The summed E-state index contributed by atoms with van der Waals surface area (Å²) in [7, 11) is 0. The quantitative estimate of drug-likeness (QED) is 0.655. The molecule has 0 aromatic heterocycles. The molecule has 2 aliphatic carbocycles. The van der Waals surface area contributed by atoms with Crippen LogP contribution in [0.2, 0.25) is 0 Å². The first-order valence-electron chi connectivity index (χ1n) is 11.1. The predicted molar refractivity (Wildman–Crippen MR) is 112 cm³/mol. The van der Waals surface area contributed by atoms with E-state index in [0.29, 0.717) is 23.0 Å². The average molecular weight is 381 g/mol. The molecule has 0 bridgehead atoms. The van der Waals surface area contributed by atoms with Gasteiger partial charge in [-0.15, -0.1) is 0 Å². The van der Waals surface area contributed by atoms with Gasteiger partial charge in [0.15, 0.2) is 0 Å². The topological polar surface area (TPSA) is 15.7 Å². The lowest BCUT2D eigenvalue weighted by atomic mass is 9.61. The molecule has 2 saturated carbocycles. The first kappa shape index (κ1) is 19.5. The lowest BCUT2D eigenvalue weighted by molar-refractivity contribution is -0.143. The summed E-state index contributed by atoms with van der Waals surface area (Å²) in [5, 5.41) is 0. The van der Waals surface area contributed by atoms with E-state index in [2.05, 4.69) is 29.9 Å². The Bertz CT molecular complexity index is 455. The molecule has 2 saturated heterocycles. The van der Waals surface area contributed by atoms with Crippen LogP contribution in [0.3, 0.4) is 0 Å². The van der Waals surface area contributed by atoms with Gasteiger partial charge in [0.05, 0.1) is 12.2 Å². The third kappa shape index (κ3) is 4.45. The molecule has 26 heavy (non-hydrogen) atoms. The van der Waals surface area contributed by atoms with Crippen molar-refractivity contribution in [2.45, 2.75) is 83.5 Å². The first-order valence-corrected chi connectivity index (χ1v) is 12.5. The van der Waals surface area contributed by atoms with E-state index < -0.39 is 0 Å². The number of nitrogens with zero attached hydrogens (tertiary/aromatic N) is 2. The zero-order chi connectivity index (χ0) is 18.2. The Morgan fingerprint density at radius 3 is 2.15 bits per heavy atom. The second-order valence-corrected chi connectivity index (χ2v) is 11.1. The van der Waals surface area contributed by atoms with Gasteiger partial charge in [-0.2, -0.15) is 11.8 Å². The summed E-state index contributed by atoms with van der Waals surface area (Å²) in [5.74, 6) is 1.36. The van der Waals surface area contributed by atoms with Crippen LogP contribution in [0.25, 0.3) is 0 Å². The molecule has 1 spiro atoms. The molecule has 4 rings (SSSR count). The normalized spacial score (nSPS) is 30.0. The van der Waals surface area contributed by atoms with E-state index in [1.54, 1.807) is 0 Å². The summed E-state index contributed by atoms with van der Waals surface area (Å²) in [6, 6.07) is 0.718. The van der Waals surface area contributed by atoms with Crippen molar-refractivity contribution in [2.75, 3.05) is 44.7 Å². The number of hydrogen-bond donors (Lipinski definition) is 0. The number of rotatable bonds is 7. The smallest absolute Gasteiger partial charge is 0.0603 e. The van der Waals surface area contributed by atoms with E-state index in [-0.39, 0.29) is 0 Å². The van der Waals surface area contributed by atoms with Crippen molar-refractivity contribution in [1.82, 2.24) is 9.80 Å². The summed E-state index contributed by atoms with van der Waals surface area (Å²) < 4.78 is 6.53. The summed E-state index contributed by atoms with van der Waals surface area (Å²) in [6.45, 7) is 11.2. The van der Waals surface area contributed by atoms with Gasteiger partial charge in [-0.1, -0.05) is 0 Å². The minimum atomic E-state index is 0.542. The van der Waals surface area contributed by atoms with Crippen molar-refractivity contribution < 1.29 is 4.74 Å².